The molecule has 2 heteroatoms. The van der Waals surface area contributed by atoms with Crippen molar-refractivity contribution in [1.29, 1.82) is 0 Å². The van der Waals surface area contributed by atoms with E-state index in [1.807, 2.05) is 0 Å². The molecule has 0 aromatic heterocycles. The first-order chi connectivity index (χ1) is 10.2. The first-order valence-electron chi connectivity index (χ1n) is 8.63. The Kier molecular flexibility index (Phi) is 6.25. The van der Waals surface area contributed by atoms with Crippen LogP contribution in [0.2, 0.25) is 0 Å². The summed E-state index contributed by atoms with van der Waals surface area (Å²) in [5.41, 5.74) is 2.74. The molecule has 1 aromatic rings. The highest BCUT2D eigenvalue weighted by Gasteiger charge is 2.25. The minimum Gasteiger partial charge on any atom is -0.312 e. The highest BCUT2D eigenvalue weighted by Crippen LogP contribution is 2.26. The molecule has 1 aliphatic rings. The van der Waals surface area contributed by atoms with Crippen LogP contribution in [0.3, 0.4) is 0 Å². The van der Waals surface area contributed by atoms with Crippen LogP contribution >= 0.6 is 0 Å². The Morgan fingerprint density at radius 1 is 1.19 bits per heavy atom. The molecule has 1 saturated heterocycles. The molecule has 1 aliphatic heterocycles. The van der Waals surface area contributed by atoms with E-state index in [4.69, 9.17) is 0 Å². The highest BCUT2D eigenvalue weighted by molar-refractivity contribution is 5.25. The van der Waals surface area contributed by atoms with Gasteiger partial charge in [0.05, 0.1) is 0 Å². The summed E-state index contributed by atoms with van der Waals surface area (Å²) in [4.78, 5) is 2.69. The van der Waals surface area contributed by atoms with Gasteiger partial charge in [0.1, 0.15) is 0 Å². The summed E-state index contributed by atoms with van der Waals surface area (Å²) in [6.45, 7) is 9.38. The van der Waals surface area contributed by atoms with Crippen molar-refractivity contribution in [3.8, 4) is 0 Å². The molecule has 2 rings (SSSR count). The second kappa shape index (κ2) is 7.95. The van der Waals surface area contributed by atoms with Crippen LogP contribution in [-0.4, -0.2) is 31.1 Å². The SMILES string of the molecule is CCC1CCCN(C(C)C(NC)c2ccc(C)cc2)CC1. The van der Waals surface area contributed by atoms with Crippen LogP contribution in [0.15, 0.2) is 24.3 Å². The van der Waals surface area contributed by atoms with Gasteiger partial charge in [-0.25, -0.2) is 0 Å². The van der Waals surface area contributed by atoms with E-state index >= 15 is 0 Å². The summed E-state index contributed by atoms with van der Waals surface area (Å²) in [6, 6.07) is 9.97. The quantitative estimate of drug-likeness (QED) is 0.875. The summed E-state index contributed by atoms with van der Waals surface area (Å²) in [5, 5.41) is 3.54. The number of benzene rings is 1. The Hall–Kier alpha value is -0.860. The molecule has 3 unspecified atom stereocenters. The largest absolute Gasteiger partial charge is 0.312 e. The summed E-state index contributed by atoms with van der Waals surface area (Å²) in [6.07, 6.45) is 5.47. The highest BCUT2D eigenvalue weighted by atomic mass is 15.2. The second-order valence-electron chi connectivity index (χ2n) is 6.66. The number of hydrogen-bond acceptors (Lipinski definition) is 2. The van der Waals surface area contributed by atoms with Gasteiger partial charge in [-0.1, -0.05) is 43.2 Å². The fourth-order valence-corrected chi connectivity index (χ4v) is 3.67. The Labute approximate surface area is 130 Å². The van der Waals surface area contributed by atoms with Crippen molar-refractivity contribution in [1.82, 2.24) is 10.2 Å². The lowest BCUT2D eigenvalue weighted by atomic mass is 9.97. The maximum Gasteiger partial charge on any atom is 0.0473 e. The van der Waals surface area contributed by atoms with Crippen molar-refractivity contribution < 1.29 is 0 Å². The zero-order chi connectivity index (χ0) is 15.2. The monoisotopic (exact) mass is 288 g/mol. The Morgan fingerprint density at radius 2 is 1.90 bits per heavy atom. The molecular weight excluding hydrogens is 256 g/mol. The maximum atomic E-state index is 3.54. The van der Waals surface area contributed by atoms with Gasteiger partial charge in [-0.15, -0.1) is 0 Å². The van der Waals surface area contributed by atoms with E-state index in [1.54, 1.807) is 0 Å². The normalized spacial score (nSPS) is 23.5. The van der Waals surface area contributed by atoms with Crippen LogP contribution in [0.25, 0.3) is 0 Å². The molecule has 0 spiro atoms. The molecule has 2 nitrogen and oxygen atoms in total. The minimum atomic E-state index is 0.420. The van der Waals surface area contributed by atoms with Crippen LogP contribution in [0, 0.1) is 12.8 Å². The molecule has 3 atom stereocenters. The van der Waals surface area contributed by atoms with E-state index < -0.39 is 0 Å². The van der Waals surface area contributed by atoms with Crippen molar-refractivity contribution in [3.63, 3.8) is 0 Å². The fourth-order valence-electron chi connectivity index (χ4n) is 3.67. The molecule has 21 heavy (non-hydrogen) atoms. The Balaban J connectivity index is 2.05. The van der Waals surface area contributed by atoms with E-state index in [9.17, 15) is 0 Å². The topological polar surface area (TPSA) is 15.3 Å². The Morgan fingerprint density at radius 3 is 2.52 bits per heavy atom. The van der Waals surface area contributed by atoms with E-state index in [0.29, 0.717) is 12.1 Å². The summed E-state index contributed by atoms with van der Waals surface area (Å²) < 4.78 is 0. The van der Waals surface area contributed by atoms with Crippen molar-refractivity contribution in [2.45, 2.75) is 58.5 Å². The average Bonchev–Trinajstić information content (AvgIpc) is 2.75. The van der Waals surface area contributed by atoms with E-state index in [0.717, 1.165) is 5.92 Å². The Bertz CT molecular complexity index is 412. The third kappa shape index (κ3) is 4.31. The van der Waals surface area contributed by atoms with Crippen LogP contribution in [0.5, 0.6) is 0 Å². The number of nitrogens with zero attached hydrogens (tertiary/aromatic N) is 1. The van der Waals surface area contributed by atoms with Gasteiger partial charge in [-0.3, -0.25) is 4.90 Å². The van der Waals surface area contributed by atoms with Gasteiger partial charge in [0.2, 0.25) is 0 Å². The number of rotatable bonds is 5. The zero-order valence-corrected chi connectivity index (χ0v) is 14.2. The van der Waals surface area contributed by atoms with Crippen LogP contribution in [0.4, 0.5) is 0 Å². The molecule has 1 fully saturated rings. The van der Waals surface area contributed by atoms with Gasteiger partial charge in [0, 0.05) is 12.1 Å². The van der Waals surface area contributed by atoms with Gasteiger partial charge >= 0.3 is 0 Å². The molecule has 0 aliphatic carbocycles. The third-order valence-electron chi connectivity index (χ3n) is 5.27. The van der Waals surface area contributed by atoms with Gasteiger partial charge in [-0.05, 0) is 64.7 Å². The predicted molar refractivity (Wildman–Crippen MR) is 91.6 cm³/mol. The fraction of sp³-hybridized carbons (Fsp3) is 0.684. The zero-order valence-electron chi connectivity index (χ0n) is 14.2. The minimum absolute atomic E-state index is 0.420. The predicted octanol–water partition coefficient (Wildman–Crippen LogP) is 4.16. The first kappa shape index (κ1) is 16.5. The first-order valence-corrected chi connectivity index (χ1v) is 8.63. The van der Waals surface area contributed by atoms with Crippen molar-refractivity contribution in [3.05, 3.63) is 35.4 Å². The second-order valence-corrected chi connectivity index (χ2v) is 6.66. The standard InChI is InChI=1S/C19H32N2/c1-5-17-7-6-13-21(14-12-17)16(3)19(20-4)18-10-8-15(2)9-11-18/h8-11,16-17,19-20H,5-7,12-14H2,1-4H3. The lowest BCUT2D eigenvalue weighted by molar-refractivity contribution is 0.176. The van der Waals surface area contributed by atoms with Gasteiger partial charge < -0.3 is 5.32 Å². The lowest BCUT2D eigenvalue weighted by Crippen LogP contribution is -2.42. The van der Waals surface area contributed by atoms with E-state index in [1.165, 1.54) is 49.9 Å². The average molecular weight is 288 g/mol. The van der Waals surface area contributed by atoms with Gasteiger partial charge in [0.15, 0.2) is 0 Å². The summed E-state index contributed by atoms with van der Waals surface area (Å²) in [5.74, 6) is 0.939. The van der Waals surface area contributed by atoms with E-state index in [-0.39, 0.29) is 0 Å². The summed E-state index contributed by atoms with van der Waals surface area (Å²) >= 11 is 0. The van der Waals surface area contributed by atoms with Crippen molar-refractivity contribution in [2.24, 2.45) is 5.92 Å². The maximum absolute atomic E-state index is 3.54. The molecule has 0 amide bonds. The number of likely N-dealkylation sites (tertiary alicyclic amines) is 1. The molecule has 1 aromatic carbocycles. The molecule has 1 N–H and O–H groups in total. The summed E-state index contributed by atoms with van der Waals surface area (Å²) in [7, 11) is 2.09. The number of aryl methyl sites for hydroxylation is 1. The molecule has 0 bridgehead atoms. The van der Waals surface area contributed by atoms with Gasteiger partial charge in [0.25, 0.3) is 0 Å². The van der Waals surface area contributed by atoms with Crippen LogP contribution < -0.4 is 5.32 Å². The van der Waals surface area contributed by atoms with E-state index in [2.05, 4.69) is 62.3 Å². The number of nitrogens with one attached hydrogen (secondary N) is 1. The third-order valence-corrected chi connectivity index (χ3v) is 5.27. The molecular formula is C19H32N2. The number of likely N-dealkylation sites (N-methyl/N-ethyl adjacent to an activating group) is 1. The smallest absolute Gasteiger partial charge is 0.0473 e. The van der Waals surface area contributed by atoms with Gasteiger partial charge in [-0.2, -0.15) is 0 Å². The lowest BCUT2D eigenvalue weighted by Gasteiger charge is -2.34. The number of hydrogen-bond donors (Lipinski definition) is 1. The molecule has 0 saturated carbocycles. The van der Waals surface area contributed by atoms with Crippen LogP contribution in [-0.2, 0) is 0 Å². The van der Waals surface area contributed by atoms with Crippen molar-refractivity contribution >= 4 is 0 Å². The van der Waals surface area contributed by atoms with Crippen LogP contribution in [0.1, 0.15) is 56.7 Å². The molecule has 1 heterocycles. The molecule has 118 valence electrons. The molecule has 0 radical (unpaired) electrons. The van der Waals surface area contributed by atoms with Crippen molar-refractivity contribution in [2.75, 3.05) is 20.1 Å².